The lowest BCUT2D eigenvalue weighted by molar-refractivity contribution is 0.411. The number of rotatable bonds is 4. The quantitative estimate of drug-likeness (QED) is 0.660. The van der Waals surface area contributed by atoms with E-state index in [0.717, 1.165) is 35.6 Å². The molecule has 0 radical (unpaired) electrons. The van der Waals surface area contributed by atoms with Crippen LogP contribution in [0.5, 0.6) is 5.75 Å². The minimum absolute atomic E-state index is 0.162. The van der Waals surface area contributed by atoms with Gasteiger partial charge in [0.1, 0.15) is 23.2 Å². The van der Waals surface area contributed by atoms with E-state index in [1.54, 1.807) is 7.11 Å². The third-order valence-electron chi connectivity index (χ3n) is 6.30. The summed E-state index contributed by atoms with van der Waals surface area (Å²) < 4.78 is 7.22. The van der Waals surface area contributed by atoms with E-state index in [9.17, 15) is 5.11 Å². The molecule has 0 bridgehead atoms. The van der Waals surface area contributed by atoms with Crippen LogP contribution >= 0.6 is 0 Å². The molecule has 0 atom stereocenters. The lowest BCUT2D eigenvalue weighted by Gasteiger charge is -2.29. The molecule has 2 N–H and O–H groups in total. The molecule has 2 aliphatic rings. The van der Waals surface area contributed by atoms with Crippen LogP contribution in [-0.2, 0) is 7.05 Å². The van der Waals surface area contributed by atoms with Crippen molar-refractivity contribution in [3.63, 3.8) is 0 Å². The number of piperidine rings is 1. The third-order valence-corrected chi connectivity index (χ3v) is 6.30. The number of methoxy groups -OCH3 is 1. The van der Waals surface area contributed by atoms with Crippen LogP contribution in [0.2, 0.25) is 0 Å². The second-order valence-corrected chi connectivity index (χ2v) is 8.17. The molecule has 0 unspecified atom stereocenters. The summed E-state index contributed by atoms with van der Waals surface area (Å²) in [6.45, 7) is 2.47. The smallest absolute Gasteiger partial charge is 0.148 e. The van der Waals surface area contributed by atoms with Gasteiger partial charge >= 0.3 is 0 Å². The number of fused-ring (bicyclic) bond motifs is 1. The summed E-state index contributed by atoms with van der Waals surface area (Å²) in [5.74, 6) is 1.73. The Labute approximate surface area is 181 Å². The van der Waals surface area contributed by atoms with Crippen LogP contribution in [0.4, 0.5) is 11.4 Å². The monoisotopic (exact) mass is 417 g/mol. The highest BCUT2D eigenvalue weighted by Crippen LogP contribution is 2.33. The lowest BCUT2D eigenvalue weighted by atomic mass is 10.1. The first-order chi connectivity index (χ1) is 15.1. The van der Waals surface area contributed by atoms with Crippen molar-refractivity contribution in [1.29, 1.82) is 5.41 Å². The number of nitrogens with zero attached hydrogens (tertiary/aromatic N) is 4. The highest BCUT2D eigenvalue weighted by atomic mass is 16.5. The van der Waals surface area contributed by atoms with Gasteiger partial charge in [-0.1, -0.05) is 0 Å². The fourth-order valence-electron chi connectivity index (χ4n) is 4.56. The number of aryl methyl sites for hydroxylation is 1. The zero-order chi connectivity index (χ0) is 21.5. The molecule has 3 heterocycles. The molecule has 0 aliphatic carbocycles. The molecule has 3 aromatic rings. The van der Waals surface area contributed by atoms with Crippen LogP contribution in [-0.4, -0.2) is 47.2 Å². The first kappa shape index (κ1) is 19.5. The molecule has 0 saturated carbocycles. The van der Waals surface area contributed by atoms with Gasteiger partial charge < -0.3 is 24.2 Å². The third kappa shape index (κ3) is 3.30. The second-order valence-electron chi connectivity index (χ2n) is 8.17. The molecule has 7 heteroatoms. The molecule has 31 heavy (non-hydrogen) atoms. The van der Waals surface area contributed by atoms with Gasteiger partial charge in [0.05, 0.1) is 30.3 Å². The predicted octanol–water partition coefficient (Wildman–Crippen LogP) is 4.34. The number of aliphatic hydroxyl groups is 1. The zero-order valence-corrected chi connectivity index (χ0v) is 17.9. The lowest BCUT2D eigenvalue weighted by Crippen LogP contribution is -2.29. The number of imidazole rings is 1. The molecular formula is C24H27N5O2. The minimum Gasteiger partial charge on any atom is -0.509 e. The van der Waals surface area contributed by atoms with Gasteiger partial charge in [0.25, 0.3) is 0 Å². The van der Waals surface area contributed by atoms with Crippen LogP contribution in [0, 0.1) is 5.41 Å². The van der Waals surface area contributed by atoms with Crippen LogP contribution in [0.15, 0.2) is 48.2 Å². The fraction of sp³-hybridized carbons (Fsp3) is 0.333. The number of hydrogen-bond donors (Lipinski definition) is 2. The Hall–Kier alpha value is -3.48. The second kappa shape index (κ2) is 7.65. The summed E-state index contributed by atoms with van der Waals surface area (Å²) in [7, 11) is 3.53. The van der Waals surface area contributed by atoms with Crippen molar-refractivity contribution in [2.75, 3.05) is 36.5 Å². The summed E-state index contributed by atoms with van der Waals surface area (Å²) in [5.41, 5.74) is 4.28. The maximum absolute atomic E-state index is 10.8. The van der Waals surface area contributed by atoms with Crippen molar-refractivity contribution >= 4 is 33.8 Å². The van der Waals surface area contributed by atoms with E-state index in [4.69, 9.17) is 15.1 Å². The van der Waals surface area contributed by atoms with Gasteiger partial charge in [0, 0.05) is 37.6 Å². The minimum atomic E-state index is 0.162. The Kier molecular flexibility index (Phi) is 4.81. The Bertz CT molecular complexity index is 1170. The standard InChI is InChI=1S/C24H27N5O2/c1-27-20-11-10-18(31-2)14-19(20)26-24(27)22-21(30)15-29(23(22)25)17-8-6-16(7-9-17)28-12-4-3-5-13-28/h6-11,14,25,30H,3-5,12-13,15H2,1-2H3. The van der Waals surface area contributed by atoms with Gasteiger partial charge in [-0.05, 0) is 55.7 Å². The van der Waals surface area contributed by atoms with E-state index < -0.39 is 0 Å². The van der Waals surface area contributed by atoms with Crippen molar-refractivity contribution in [1.82, 2.24) is 9.55 Å². The summed E-state index contributed by atoms with van der Waals surface area (Å²) in [5, 5.41) is 19.6. The largest absolute Gasteiger partial charge is 0.509 e. The van der Waals surface area contributed by atoms with Gasteiger partial charge in [0.15, 0.2) is 0 Å². The molecule has 0 amide bonds. The normalized spacial score (nSPS) is 17.2. The first-order valence-electron chi connectivity index (χ1n) is 10.7. The van der Waals surface area contributed by atoms with Crippen LogP contribution in [0.25, 0.3) is 16.6 Å². The maximum Gasteiger partial charge on any atom is 0.148 e. The summed E-state index contributed by atoms with van der Waals surface area (Å²) in [6, 6.07) is 14.0. The van der Waals surface area contributed by atoms with Gasteiger partial charge in [-0.25, -0.2) is 4.98 Å². The number of hydrogen-bond acceptors (Lipinski definition) is 5. The highest BCUT2D eigenvalue weighted by molar-refractivity contribution is 6.30. The molecule has 2 aliphatic heterocycles. The fourth-order valence-corrected chi connectivity index (χ4v) is 4.56. The maximum atomic E-state index is 10.8. The first-order valence-corrected chi connectivity index (χ1v) is 10.7. The molecule has 5 rings (SSSR count). The summed E-state index contributed by atoms with van der Waals surface area (Å²) >= 11 is 0. The van der Waals surface area contributed by atoms with Crippen LogP contribution < -0.4 is 14.5 Å². The Morgan fingerprint density at radius 2 is 1.71 bits per heavy atom. The zero-order valence-electron chi connectivity index (χ0n) is 17.9. The molecule has 0 spiro atoms. The highest BCUT2D eigenvalue weighted by Gasteiger charge is 2.32. The number of aromatic nitrogens is 2. The molecule has 7 nitrogen and oxygen atoms in total. The van der Waals surface area contributed by atoms with Crippen molar-refractivity contribution in [3.8, 4) is 5.75 Å². The van der Waals surface area contributed by atoms with Gasteiger partial charge in [0.2, 0.25) is 0 Å². The number of aliphatic hydroxyl groups excluding tert-OH is 1. The number of amidine groups is 1. The molecule has 1 saturated heterocycles. The molecule has 1 aromatic heterocycles. The SMILES string of the molecule is COc1ccc2c(c1)nc(C1=C(O)CN(c3ccc(N4CCCCC4)cc3)C1=N)n2C. The van der Waals surface area contributed by atoms with E-state index in [2.05, 4.69) is 17.0 Å². The number of anilines is 2. The van der Waals surface area contributed by atoms with Crippen LogP contribution in [0.1, 0.15) is 25.1 Å². The van der Waals surface area contributed by atoms with Gasteiger partial charge in [-0.15, -0.1) is 0 Å². The molecule has 2 aromatic carbocycles. The molecule has 1 fully saturated rings. The number of ether oxygens (including phenoxy) is 1. The summed E-state index contributed by atoms with van der Waals surface area (Å²) in [6.07, 6.45) is 3.79. The Morgan fingerprint density at radius 3 is 2.42 bits per heavy atom. The summed E-state index contributed by atoms with van der Waals surface area (Å²) in [4.78, 5) is 8.94. The molecule has 160 valence electrons. The molecular weight excluding hydrogens is 390 g/mol. The topological polar surface area (TPSA) is 77.6 Å². The van der Waals surface area contributed by atoms with Gasteiger partial charge in [-0.2, -0.15) is 0 Å². The van der Waals surface area contributed by atoms with E-state index in [-0.39, 0.29) is 18.1 Å². The van der Waals surface area contributed by atoms with Crippen molar-refractivity contribution < 1.29 is 9.84 Å². The average molecular weight is 418 g/mol. The van der Waals surface area contributed by atoms with Crippen molar-refractivity contribution in [3.05, 3.63) is 54.0 Å². The predicted molar refractivity (Wildman–Crippen MR) is 124 cm³/mol. The van der Waals surface area contributed by atoms with Crippen molar-refractivity contribution in [2.24, 2.45) is 7.05 Å². The van der Waals surface area contributed by atoms with E-state index in [1.165, 1.54) is 24.9 Å². The van der Waals surface area contributed by atoms with Crippen molar-refractivity contribution in [2.45, 2.75) is 19.3 Å². The van der Waals surface area contributed by atoms with E-state index >= 15 is 0 Å². The Morgan fingerprint density at radius 1 is 1.00 bits per heavy atom. The van der Waals surface area contributed by atoms with E-state index in [1.807, 2.05) is 46.8 Å². The van der Waals surface area contributed by atoms with Crippen LogP contribution in [0.3, 0.4) is 0 Å². The number of nitrogens with one attached hydrogen (secondary N) is 1. The van der Waals surface area contributed by atoms with Gasteiger partial charge in [-0.3, -0.25) is 5.41 Å². The average Bonchev–Trinajstić information content (AvgIpc) is 3.29. The Balaban J connectivity index is 1.43. The van der Waals surface area contributed by atoms with E-state index in [0.29, 0.717) is 11.4 Å². The number of benzene rings is 2.